The molecule has 2 N–H and O–H groups in total. The van der Waals surface area contributed by atoms with Crippen LogP contribution in [0.3, 0.4) is 0 Å². The SMILES string of the molecule is C#CN(C(=O)C(NC(=O)OC(C)(C)C)C(C)CC)C(C(=O)NCC(=O)OC)c1cccc(C=C)c1. The monoisotopic (exact) mass is 485 g/mol. The highest BCUT2D eigenvalue weighted by Gasteiger charge is 2.38. The van der Waals surface area contributed by atoms with Gasteiger partial charge in [0.25, 0.3) is 5.91 Å². The highest BCUT2D eigenvalue weighted by molar-refractivity contribution is 5.94. The summed E-state index contributed by atoms with van der Waals surface area (Å²) in [5.41, 5.74) is 0.319. The van der Waals surface area contributed by atoms with Crippen LogP contribution in [0, 0.1) is 18.4 Å². The van der Waals surface area contributed by atoms with E-state index < -0.39 is 48.1 Å². The van der Waals surface area contributed by atoms with Crippen LogP contribution in [0.4, 0.5) is 4.79 Å². The van der Waals surface area contributed by atoms with E-state index in [0.29, 0.717) is 17.5 Å². The van der Waals surface area contributed by atoms with Gasteiger partial charge in [0, 0.05) is 6.04 Å². The van der Waals surface area contributed by atoms with Crippen molar-refractivity contribution < 1.29 is 28.7 Å². The summed E-state index contributed by atoms with van der Waals surface area (Å²) in [5, 5.41) is 5.05. The van der Waals surface area contributed by atoms with Crippen molar-refractivity contribution in [3.63, 3.8) is 0 Å². The second-order valence-corrected chi connectivity index (χ2v) is 8.92. The van der Waals surface area contributed by atoms with E-state index >= 15 is 0 Å². The van der Waals surface area contributed by atoms with Crippen LogP contribution in [0.15, 0.2) is 30.8 Å². The topological polar surface area (TPSA) is 114 Å². The third-order valence-electron chi connectivity index (χ3n) is 5.13. The maximum atomic E-state index is 13.7. The molecule has 0 aliphatic rings. The van der Waals surface area contributed by atoms with Gasteiger partial charge < -0.3 is 20.1 Å². The number of ether oxygens (including phenoxy) is 2. The van der Waals surface area contributed by atoms with Crippen molar-refractivity contribution in [3.05, 3.63) is 42.0 Å². The quantitative estimate of drug-likeness (QED) is 0.299. The molecule has 0 bridgehead atoms. The van der Waals surface area contributed by atoms with Crippen molar-refractivity contribution in [2.45, 2.75) is 58.7 Å². The van der Waals surface area contributed by atoms with Crippen molar-refractivity contribution in [1.82, 2.24) is 15.5 Å². The molecule has 1 rings (SSSR count). The molecule has 3 unspecified atom stereocenters. The number of rotatable bonds is 10. The molecule has 190 valence electrons. The Labute approximate surface area is 207 Å². The van der Waals surface area contributed by atoms with E-state index in [2.05, 4.69) is 28.0 Å². The molecule has 0 saturated heterocycles. The molecule has 0 spiro atoms. The highest BCUT2D eigenvalue weighted by atomic mass is 16.6. The minimum atomic E-state index is -1.29. The minimum Gasteiger partial charge on any atom is -0.468 e. The van der Waals surface area contributed by atoms with Crippen LogP contribution in [0.2, 0.25) is 0 Å². The Kier molecular flexibility index (Phi) is 11.0. The Morgan fingerprint density at radius 2 is 1.91 bits per heavy atom. The molecule has 0 heterocycles. The van der Waals surface area contributed by atoms with Crippen molar-refractivity contribution in [3.8, 4) is 12.5 Å². The molecule has 0 saturated carbocycles. The molecule has 0 radical (unpaired) electrons. The van der Waals surface area contributed by atoms with E-state index in [0.717, 1.165) is 4.90 Å². The van der Waals surface area contributed by atoms with E-state index in [4.69, 9.17) is 11.2 Å². The molecule has 1 aromatic rings. The fourth-order valence-corrected chi connectivity index (χ4v) is 3.13. The van der Waals surface area contributed by atoms with Gasteiger partial charge in [-0.05, 0) is 43.9 Å². The fraction of sp³-hybridized carbons (Fsp3) is 0.462. The maximum Gasteiger partial charge on any atom is 0.408 e. The minimum absolute atomic E-state index is 0.329. The number of alkyl carbamates (subject to hydrolysis) is 1. The standard InChI is InChI=1S/C26H35N3O6/c1-9-17(4)21(28-25(33)35-26(5,6)7)24(32)29(11-3)22(23(31)27-16-20(30)34-8)19-14-12-13-18(10-2)15-19/h3,10,12-15,17,21-22H,2,9,16H2,1,4-8H3,(H,27,31)(H,28,33). The second-order valence-electron chi connectivity index (χ2n) is 8.92. The van der Waals surface area contributed by atoms with Crippen molar-refractivity contribution >= 4 is 30.0 Å². The summed E-state index contributed by atoms with van der Waals surface area (Å²) in [5.74, 6) is -2.36. The fourth-order valence-electron chi connectivity index (χ4n) is 3.13. The summed E-state index contributed by atoms with van der Waals surface area (Å²) in [6.45, 7) is 12.1. The molecular formula is C26H35N3O6. The summed E-state index contributed by atoms with van der Waals surface area (Å²) in [4.78, 5) is 51.8. The molecule has 1 aromatic carbocycles. The zero-order valence-electron chi connectivity index (χ0n) is 21.2. The largest absolute Gasteiger partial charge is 0.468 e. The number of carbonyl (C=O) groups is 4. The Hall–Kier alpha value is -3.80. The predicted octanol–water partition coefficient (Wildman–Crippen LogP) is 3.02. The number of methoxy groups -OCH3 is 1. The number of hydrogen-bond donors (Lipinski definition) is 2. The lowest BCUT2D eigenvalue weighted by molar-refractivity contribution is -0.143. The normalized spacial score (nSPS) is 13.3. The zero-order chi connectivity index (χ0) is 26.8. The third-order valence-corrected chi connectivity index (χ3v) is 5.13. The Bertz CT molecular complexity index is 976. The number of esters is 1. The van der Waals surface area contributed by atoms with Gasteiger partial charge >= 0.3 is 12.1 Å². The van der Waals surface area contributed by atoms with E-state index in [-0.39, 0.29) is 5.92 Å². The summed E-state index contributed by atoms with van der Waals surface area (Å²) in [6, 6.07) is 6.69. The molecule has 35 heavy (non-hydrogen) atoms. The second kappa shape index (κ2) is 13.2. The summed E-state index contributed by atoms with van der Waals surface area (Å²) >= 11 is 0. The van der Waals surface area contributed by atoms with Crippen LogP contribution < -0.4 is 10.6 Å². The maximum absolute atomic E-state index is 13.7. The van der Waals surface area contributed by atoms with Gasteiger partial charge in [0.05, 0.1) is 7.11 Å². The molecule has 9 heteroatoms. The summed E-state index contributed by atoms with van der Waals surface area (Å²) in [6.07, 6.45) is 7.07. The number of nitrogens with zero attached hydrogens (tertiary/aromatic N) is 1. The van der Waals surface area contributed by atoms with Gasteiger partial charge in [-0.3, -0.25) is 19.3 Å². The first-order valence-corrected chi connectivity index (χ1v) is 11.2. The van der Waals surface area contributed by atoms with Crippen LogP contribution in [-0.4, -0.2) is 54.1 Å². The lowest BCUT2D eigenvalue weighted by Gasteiger charge is -2.32. The molecular weight excluding hydrogens is 450 g/mol. The number of hydrogen-bond acceptors (Lipinski definition) is 6. The average molecular weight is 486 g/mol. The zero-order valence-corrected chi connectivity index (χ0v) is 21.2. The van der Waals surface area contributed by atoms with Gasteiger partial charge in [0.2, 0.25) is 5.91 Å². The van der Waals surface area contributed by atoms with Gasteiger partial charge in [-0.1, -0.05) is 57.5 Å². The van der Waals surface area contributed by atoms with Crippen LogP contribution in [0.5, 0.6) is 0 Å². The molecule has 0 fully saturated rings. The Balaban J connectivity index is 3.44. The molecule has 3 amide bonds. The highest BCUT2D eigenvalue weighted by Crippen LogP contribution is 2.25. The molecule has 0 aliphatic heterocycles. The van der Waals surface area contributed by atoms with Gasteiger partial charge in [-0.2, -0.15) is 0 Å². The van der Waals surface area contributed by atoms with Gasteiger partial charge in [0.15, 0.2) is 0 Å². The summed E-state index contributed by atoms with van der Waals surface area (Å²) < 4.78 is 9.89. The van der Waals surface area contributed by atoms with Crippen molar-refractivity contribution in [2.75, 3.05) is 13.7 Å². The Morgan fingerprint density at radius 3 is 2.43 bits per heavy atom. The third kappa shape index (κ3) is 8.81. The number of carbonyl (C=O) groups excluding carboxylic acids is 4. The Morgan fingerprint density at radius 1 is 1.26 bits per heavy atom. The van der Waals surface area contributed by atoms with Gasteiger partial charge in [0.1, 0.15) is 24.2 Å². The van der Waals surface area contributed by atoms with Gasteiger partial charge in [-0.15, -0.1) is 0 Å². The predicted molar refractivity (Wildman–Crippen MR) is 133 cm³/mol. The van der Waals surface area contributed by atoms with E-state index in [1.165, 1.54) is 7.11 Å². The summed E-state index contributed by atoms with van der Waals surface area (Å²) in [7, 11) is 1.19. The van der Waals surface area contributed by atoms with Crippen molar-refractivity contribution in [2.24, 2.45) is 5.92 Å². The van der Waals surface area contributed by atoms with Crippen LogP contribution in [-0.2, 0) is 23.9 Å². The molecule has 0 aliphatic carbocycles. The first-order chi connectivity index (χ1) is 16.4. The van der Waals surface area contributed by atoms with Crippen molar-refractivity contribution in [1.29, 1.82) is 0 Å². The van der Waals surface area contributed by atoms with Crippen LogP contribution in [0.25, 0.3) is 6.08 Å². The number of benzene rings is 1. The van der Waals surface area contributed by atoms with E-state index in [1.807, 2.05) is 6.92 Å². The first-order valence-electron chi connectivity index (χ1n) is 11.2. The van der Waals surface area contributed by atoms with Crippen LogP contribution >= 0.6 is 0 Å². The van der Waals surface area contributed by atoms with Crippen LogP contribution in [0.1, 0.15) is 58.2 Å². The number of nitrogens with one attached hydrogen (secondary N) is 2. The lowest BCUT2D eigenvalue weighted by atomic mass is 9.95. The molecule has 0 aromatic heterocycles. The van der Waals surface area contributed by atoms with E-state index in [1.54, 1.807) is 58.0 Å². The number of terminal acetylenes is 1. The number of amides is 3. The van der Waals surface area contributed by atoms with Gasteiger partial charge in [-0.25, -0.2) is 4.79 Å². The first kappa shape index (κ1) is 29.2. The molecule has 3 atom stereocenters. The molecule has 9 nitrogen and oxygen atoms in total. The smallest absolute Gasteiger partial charge is 0.408 e. The average Bonchev–Trinajstić information content (AvgIpc) is 2.81. The van der Waals surface area contributed by atoms with E-state index in [9.17, 15) is 19.2 Å². The lowest BCUT2D eigenvalue weighted by Crippen LogP contribution is -2.54.